The number of nitrogens with zero attached hydrogens (tertiary/aromatic N) is 2. The van der Waals surface area contributed by atoms with Gasteiger partial charge in [0, 0.05) is 69.7 Å². The first kappa shape index (κ1) is 51.4. The number of hydrogen-bond donors (Lipinski definition) is 2. The summed E-state index contributed by atoms with van der Waals surface area (Å²) < 4.78 is 2.84. The molecule has 8 heteroatoms. The molecule has 2 N–H and O–H groups in total. The molecule has 0 saturated carbocycles. The normalized spacial score (nSPS) is 13.7. The third kappa shape index (κ3) is 8.75. The molecule has 0 radical (unpaired) electrons. The van der Waals surface area contributed by atoms with Crippen molar-refractivity contribution in [2.75, 3.05) is 0 Å². The minimum Gasteiger partial charge on any atom is -0.355 e. The maximum atomic E-state index is 15.2. The first-order valence-electron chi connectivity index (χ1n) is 27.7. The molecular weight excluding hydrogens is 1020 g/mol. The average molecular weight is 1080 g/mol. The highest BCUT2D eigenvalue weighted by Crippen LogP contribution is 2.44. The lowest BCUT2D eigenvalue weighted by Gasteiger charge is -2.26. The third-order valence-electron chi connectivity index (χ3n) is 16.2. The van der Waals surface area contributed by atoms with E-state index in [4.69, 9.17) is 9.97 Å². The van der Waals surface area contributed by atoms with Crippen LogP contribution < -0.4 is 10.9 Å². The summed E-state index contributed by atoms with van der Waals surface area (Å²) in [4.78, 5) is 48.6. The Labute approximate surface area is 474 Å². The largest absolute Gasteiger partial charge is 0.355 e. The highest BCUT2D eigenvalue weighted by Gasteiger charge is 2.26. The van der Waals surface area contributed by atoms with Crippen LogP contribution in [0.25, 0.3) is 121 Å². The minimum atomic E-state index is -0.145. The highest BCUT2D eigenvalue weighted by molar-refractivity contribution is 7.20. The number of rotatable bonds is 3. The number of aromatic amines is 2. The summed E-state index contributed by atoms with van der Waals surface area (Å²) >= 11 is 2.81. The van der Waals surface area contributed by atoms with Gasteiger partial charge in [0.25, 0.3) is 0 Å². The van der Waals surface area contributed by atoms with E-state index in [1.54, 1.807) is 0 Å². The van der Waals surface area contributed by atoms with Crippen LogP contribution in [-0.2, 0) is 21.7 Å². The van der Waals surface area contributed by atoms with Crippen LogP contribution in [0.5, 0.6) is 0 Å². The zero-order valence-electron chi connectivity index (χ0n) is 47.5. The Morgan fingerprint density at radius 1 is 0.400 bits per heavy atom. The molecule has 396 valence electrons. The Hall–Kier alpha value is -8.04. The van der Waals surface area contributed by atoms with Gasteiger partial charge in [0.15, 0.2) is 0 Å². The summed E-state index contributed by atoms with van der Waals surface area (Å²) in [5, 5.41) is 4.96. The van der Waals surface area contributed by atoms with Gasteiger partial charge in [-0.1, -0.05) is 174 Å². The molecule has 2 aliphatic heterocycles. The van der Waals surface area contributed by atoms with E-state index < -0.39 is 0 Å². The standard InChI is InChI=1S/C72H64N4O2S2/c1-69(2,3)42-32-40(33-43(36-42)70(4,5)6)61-52-25-22-46(73-52)38-47-23-26-53(74-47)62(41-34-44(71(7,8)9)37-45(35-41)72(10,11)12)55-28-30-57(76-55)64(56-29-27-54(61)75-56)49-24-31-59-63-48(49)18-15-20-51(63)66(78)68(80-59)67-65(77)50-19-13-16-39-17-14-21-58(79-67)60(39)50/h13-38,73,76H,1-12H3/b46-38?,47-38?,61-52?,61-54?,62-53?,62-55?,64-56?,64-57?,68-67+. The smallest absolute Gasteiger partial charge is 0.205 e. The lowest BCUT2D eigenvalue weighted by Crippen LogP contribution is -2.16. The molecule has 0 saturated heterocycles. The van der Waals surface area contributed by atoms with E-state index >= 15 is 4.79 Å². The molecule has 7 heterocycles. The van der Waals surface area contributed by atoms with Gasteiger partial charge in [-0.25, -0.2) is 9.97 Å². The number of fused-ring (bicyclic) bond motifs is 8. The molecule has 5 aromatic heterocycles. The summed E-state index contributed by atoms with van der Waals surface area (Å²) in [6, 6.07) is 47.2. The van der Waals surface area contributed by atoms with Crippen molar-refractivity contribution in [3.05, 3.63) is 208 Å². The molecule has 6 nitrogen and oxygen atoms in total. The van der Waals surface area contributed by atoms with Crippen LogP contribution in [-0.4, -0.2) is 19.9 Å². The summed E-state index contributed by atoms with van der Waals surface area (Å²) in [6.45, 7) is 27.3. The number of benzene rings is 6. The van der Waals surface area contributed by atoms with E-state index in [0.717, 1.165) is 109 Å². The Morgan fingerprint density at radius 3 is 1.43 bits per heavy atom. The van der Waals surface area contributed by atoms with Crippen LogP contribution in [0.15, 0.2) is 143 Å². The number of H-pyrrole nitrogens is 2. The van der Waals surface area contributed by atoms with Gasteiger partial charge in [-0.15, -0.1) is 22.7 Å². The van der Waals surface area contributed by atoms with E-state index in [2.05, 4.69) is 202 Å². The molecule has 0 atom stereocenters. The van der Waals surface area contributed by atoms with Gasteiger partial charge in [-0.3, -0.25) is 9.59 Å². The fourth-order valence-corrected chi connectivity index (χ4v) is 14.0. The fraction of sp³-hybridized carbons (Fsp3) is 0.222. The number of nitrogens with one attached hydrogen (secondary N) is 2. The van der Waals surface area contributed by atoms with Crippen molar-refractivity contribution in [2.24, 2.45) is 0 Å². The van der Waals surface area contributed by atoms with E-state index in [1.165, 1.54) is 44.9 Å². The van der Waals surface area contributed by atoms with Gasteiger partial charge in [-0.05, 0) is 138 Å². The topological polar surface area (TPSA) is 91.5 Å². The number of aromatic nitrogens is 4. The quantitative estimate of drug-likeness (QED) is 0.184. The Kier molecular flexibility index (Phi) is 11.7. The summed E-state index contributed by atoms with van der Waals surface area (Å²) in [5.41, 5.74) is 17.3. The van der Waals surface area contributed by atoms with Gasteiger partial charge in [0.05, 0.1) is 31.8 Å². The SMILES string of the molecule is CC(C)(C)c1cc(-c2c3nc(c(-c4ccc5s/c(=c6/sc7cccc8cccc(c6=O)c87)c(=O)c6cccc4c56)c4ccc([nH]4)c(-c4cc(C(C)(C)C)cc(C(C)(C)C)c4)c4nc(cc5ccc2[nH]5)C=C4)C=C3)cc(C(C)(C)C)c1. The highest BCUT2D eigenvalue weighted by atomic mass is 32.1. The predicted octanol–water partition coefficient (Wildman–Crippen LogP) is 19.0. The molecular formula is C72H64N4O2S2. The van der Waals surface area contributed by atoms with Crippen molar-refractivity contribution in [1.82, 2.24) is 19.9 Å². The van der Waals surface area contributed by atoms with Gasteiger partial charge >= 0.3 is 0 Å². The Balaban J connectivity index is 1.16. The van der Waals surface area contributed by atoms with Crippen molar-refractivity contribution in [3.8, 4) is 33.4 Å². The van der Waals surface area contributed by atoms with Crippen molar-refractivity contribution in [1.29, 1.82) is 0 Å². The molecule has 2 aliphatic rings. The molecule has 80 heavy (non-hydrogen) atoms. The van der Waals surface area contributed by atoms with Crippen LogP contribution in [0.4, 0.5) is 0 Å². The van der Waals surface area contributed by atoms with Crippen LogP contribution in [0.1, 0.15) is 128 Å². The Bertz CT molecular complexity index is 4780. The summed E-state index contributed by atoms with van der Waals surface area (Å²) in [6.07, 6.45) is 8.57. The zero-order chi connectivity index (χ0) is 55.9. The average Bonchev–Trinajstić information content (AvgIpc) is 4.33. The molecule has 6 aromatic carbocycles. The van der Waals surface area contributed by atoms with Crippen LogP contribution in [0.2, 0.25) is 0 Å². The summed E-state index contributed by atoms with van der Waals surface area (Å²) in [5.74, 6) is 0. The lowest BCUT2D eigenvalue weighted by molar-refractivity contribution is 0.568. The zero-order valence-corrected chi connectivity index (χ0v) is 49.2. The van der Waals surface area contributed by atoms with Crippen molar-refractivity contribution in [3.63, 3.8) is 0 Å². The second-order valence-electron chi connectivity index (χ2n) is 26.0. The molecule has 8 bridgehead atoms. The van der Waals surface area contributed by atoms with Crippen LogP contribution in [0.3, 0.4) is 0 Å². The maximum absolute atomic E-state index is 15.2. The minimum absolute atomic E-state index is 0.113. The van der Waals surface area contributed by atoms with Gasteiger partial charge in [-0.2, -0.15) is 0 Å². The monoisotopic (exact) mass is 1080 g/mol. The predicted molar refractivity (Wildman–Crippen MR) is 344 cm³/mol. The second-order valence-corrected chi connectivity index (χ2v) is 28.1. The molecule has 0 aliphatic carbocycles. The second kappa shape index (κ2) is 18.2. The van der Waals surface area contributed by atoms with Crippen molar-refractivity contribution >= 4 is 111 Å². The summed E-state index contributed by atoms with van der Waals surface area (Å²) in [7, 11) is 0. The molecule has 0 amide bonds. The molecule has 0 fully saturated rings. The molecule has 13 rings (SSSR count). The van der Waals surface area contributed by atoms with E-state index in [9.17, 15) is 4.79 Å². The van der Waals surface area contributed by atoms with Crippen molar-refractivity contribution in [2.45, 2.75) is 105 Å². The third-order valence-corrected chi connectivity index (χ3v) is 18.6. The first-order valence-corrected chi connectivity index (χ1v) is 29.3. The van der Waals surface area contributed by atoms with Gasteiger partial charge in [0.2, 0.25) is 10.9 Å². The first-order chi connectivity index (χ1) is 38.0. The molecule has 0 spiro atoms. The number of hydrogen-bond acceptors (Lipinski definition) is 6. The lowest BCUT2D eigenvalue weighted by atomic mass is 9.78. The van der Waals surface area contributed by atoms with Crippen LogP contribution >= 0.6 is 22.7 Å². The molecule has 0 unspecified atom stereocenters. The van der Waals surface area contributed by atoms with E-state index in [1.807, 2.05) is 48.5 Å². The maximum Gasteiger partial charge on any atom is 0.205 e. The van der Waals surface area contributed by atoms with E-state index in [-0.39, 0.29) is 32.5 Å². The molecule has 11 aromatic rings. The fourth-order valence-electron chi connectivity index (χ4n) is 11.6. The van der Waals surface area contributed by atoms with Gasteiger partial charge < -0.3 is 9.97 Å². The van der Waals surface area contributed by atoms with Gasteiger partial charge in [0.1, 0.15) is 0 Å². The van der Waals surface area contributed by atoms with E-state index in [0.29, 0.717) is 19.8 Å². The Morgan fingerprint density at radius 2 is 0.850 bits per heavy atom. The van der Waals surface area contributed by atoms with Crippen molar-refractivity contribution < 1.29 is 0 Å². The van der Waals surface area contributed by atoms with Crippen LogP contribution in [0, 0.1) is 9.06 Å².